The monoisotopic (exact) mass is 388 g/mol. The normalized spacial score (nSPS) is 10.8. The van der Waals surface area contributed by atoms with Crippen molar-refractivity contribution in [2.45, 2.75) is 12.8 Å². The molecule has 29 heavy (non-hydrogen) atoms. The van der Waals surface area contributed by atoms with Crippen molar-refractivity contribution in [3.05, 3.63) is 83.9 Å². The molecule has 0 heterocycles. The Morgan fingerprint density at radius 2 is 1.62 bits per heavy atom. The quantitative estimate of drug-likeness (QED) is 0.583. The molecule has 3 aromatic rings. The summed E-state index contributed by atoms with van der Waals surface area (Å²) in [6.07, 6.45) is 1.88. The molecule has 0 unspecified atom stereocenters. The van der Waals surface area contributed by atoms with Crippen LogP contribution in [0.3, 0.4) is 0 Å². The molecule has 150 valence electrons. The predicted molar refractivity (Wildman–Crippen MR) is 120 cm³/mol. The van der Waals surface area contributed by atoms with E-state index < -0.39 is 0 Å². The van der Waals surface area contributed by atoms with E-state index in [0.717, 1.165) is 47.5 Å². The largest absolute Gasteiger partial charge is 0.496 e. The van der Waals surface area contributed by atoms with Crippen molar-refractivity contribution < 1.29 is 9.53 Å². The van der Waals surface area contributed by atoms with E-state index in [1.54, 1.807) is 7.11 Å². The number of benzene rings is 3. The Hall–Kier alpha value is -3.11. The zero-order chi connectivity index (χ0) is 20.6. The van der Waals surface area contributed by atoms with Gasteiger partial charge >= 0.3 is 0 Å². The summed E-state index contributed by atoms with van der Waals surface area (Å²) in [4.78, 5) is 14.9. The molecule has 0 bridgehead atoms. The number of carbonyl (C=O) groups is 1. The minimum absolute atomic E-state index is 0.117. The van der Waals surface area contributed by atoms with Gasteiger partial charge in [0, 0.05) is 11.3 Å². The molecule has 0 saturated heterocycles. The molecule has 4 nitrogen and oxygen atoms in total. The molecule has 0 aliphatic carbocycles. The van der Waals surface area contributed by atoms with Crippen molar-refractivity contribution >= 4 is 11.6 Å². The number of amides is 1. The lowest BCUT2D eigenvalue weighted by molar-refractivity contribution is 0.102. The molecular weight excluding hydrogens is 360 g/mol. The maximum atomic E-state index is 12.7. The number of hydrogen-bond acceptors (Lipinski definition) is 3. The van der Waals surface area contributed by atoms with Gasteiger partial charge in [0.05, 0.1) is 7.11 Å². The fourth-order valence-electron chi connectivity index (χ4n) is 3.28. The van der Waals surface area contributed by atoms with E-state index >= 15 is 0 Å². The van der Waals surface area contributed by atoms with E-state index in [1.165, 1.54) is 0 Å². The van der Waals surface area contributed by atoms with Crippen LogP contribution < -0.4 is 10.1 Å². The Kier molecular flexibility index (Phi) is 7.04. The number of nitrogens with one attached hydrogen (secondary N) is 1. The van der Waals surface area contributed by atoms with Crippen LogP contribution in [0.1, 0.15) is 22.3 Å². The van der Waals surface area contributed by atoms with Crippen molar-refractivity contribution in [1.82, 2.24) is 4.90 Å². The van der Waals surface area contributed by atoms with E-state index in [2.05, 4.69) is 36.4 Å². The summed E-state index contributed by atoms with van der Waals surface area (Å²) in [7, 11) is 5.78. The predicted octanol–water partition coefficient (Wildman–Crippen LogP) is 5.11. The van der Waals surface area contributed by atoms with Crippen LogP contribution in [0.25, 0.3) is 11.1 Å². The highest BCUT2D eigenvalue weighted by Gasteiger charge is 2.11. The number of carbonyl (C=O) groups excluding carboxylic acids is 1. The second-order valence-electron chi connectivity index (χ2n) is 7.33. The first-order valence-electron chi connectivity index (χ1n) is 9.85. The van der Waals surface area contributed by atoms with Gasteiger partial charge in [0.25, 0.3) is 5.91 Å². The summed E-state index contributed by atoms with van der Waals surface area (Å²) < 4.78 is 5.47. The SMILES string of the molecule is COc1ccc(C(=O)Nc2ccc(-c3ccccc3)cc2)cc1CCCN(C)C. The molecule has 0 aliphatic rings. The fraction of sp³-hybridized carbons (Fsp3) is 0.240. The van der Waals surface area contributed by atoms with E-state index in [1.807, 2.05) is 60.7 Å². The van der Waals surface area contributed by atoms with Crippen molar-refractivity contribution in [3.8, 4) is 16.9 Å². The Morgan fingerprint density at radius 1 is 0.931 bits per heavy atom. The third kappa shape index (κ3) is 5.69. The number of aryl methyl sites for hydroxylation is 1. The Balaban J connectivity index is 1.70. The van der Waals surface area contributed by atoms with Crippen LogP contribution in [0.15, 0.2) is 72.8 Å². The lowest BCUT2D eigenvalue weighted by Gasteiger charge is -2.13. The van der Waals surface area contributed by atoms with Crippen LogP contribution in [0, 0.1) is 0 Å². The van der Waals surface area contributed by atoms with E-state index in [9.17, 15) is 4.79 Å². The number of methoxy groups -OCH3 is 1. The van der Waals surface area contributed by atoms with Crippen molar-refractivity contribution in [3.63, 3.8) is 0 Å². The van der Waals surface area contributed by atoms with Gasteiger partial charge in [-0.05, 0) is 80.5 Å². The molecule has 3 rings (SSSR count). The summed E-state index contributed by atoms with van der Waals surface area (Å²) in [5.41, 5.74) is 4.75. The first-order valence-corrected chi connectivity index (χ1v) is 9.85. The molecule has 4 heteroatoms. The molecule has 0 fully saturated rings. The molecular formula is C25H28N2O2. The number of nitrogens with zero attached hydrogens (tertiary/aromatic N) is 1. The lowest BCUT2D eigenvalue weighted by Crippen LogP contribution is -2.14. The van der Waals surface area contributed by atoms with Gasteiger partial charge in [0.2, 0.25) is 0 Å². The number of ether oxygens (including phenoxy) is 1. The molecule has 0 aliphatic heterocycles. The number of anilines is 1. The standard InChI is InChI=1S/C25H28N2O2/c1-27(2)17-7-10-21-18-22(13-16-24(21)29-3)25(28)26-23-14-11-20(12-15-23)19-8-5-4-6-9-19/h4-6,8-9,11-16,18H,7,10,17H2,1-3H3,(H,26,28). The third-order valence-electron chi connectivity index (χ3n) is 4.84. The summed E-state index contributed by atoms with van der Waals surface area (Å²) in [6.45, 7) is 0.993. The molecule has 1 amide bonds. The van der Waals surface area contributed by atoms with Crippen molar-refractivity contribution in [2.24, 2.45) is 0 Å². The van der Waals surface area contributed by atoms with Gasteiger partial charge in [-0.2, -0.15) is 0 Å². The summed E-state index contributed by atoms with van der Waals surface area (Å²) in [6, 6.07) is 23.7. The van der Waals surface area contributed by atoms with E-state index in [-0.39, 0.29) is 5.91 Å². The highest BCUT2D eigenvalue weighted by atomic mass is 16.5. The number of rotatable bonds is 8. The molecule has 1 N–H and O–H groups in total. The molecule has 0 atom stereocenters. The highest BCUT2D eigenvalue weighted by Crippen LogP contribution is 2.24. The summed E-state index contributed by atoms with van der Waals surface area (Å²) in [5, 5.41) is 2.99. The van der Waals surface area contributed by atoms with Crippen LogP contribution in [0.2, 0.25) is 0 Å². The van der Waals surface area contributed by atoms with Crippen LogP contribution in [0.5, 0.6) is 5.75 Å². The fourth-order valence-corrected chi connectivity index (χ4v) is 3.28. The van der Waals surface area contributed by atoms with E-state index in [0.29, 0.717) is 5.56 Å². The van der Waals surface area contributed by atoms with E-state index in [4.69, 9.17) is 4.74 Å². The van der Waals surface area contributed by atoms with Gasteiger partial charge < -0.3 is 15.0 Å². The van der Waals surface area contributed by atoms with Gasteiger partial charge in [0.1, 0.15) is 5.75 Å². The molecule has 0 aromatic heterocycles. The van der Waals surface area contributed by atoms with Crippen LogP contribution >= 0.6 is 0 Å². The molecule has 3 aromatic carbocycles. The second kappa shape index (κ2) is 9.89. The van der Waals surface area contributed by atoms with Crippen LogP contribution in [0.4, 0.5) is 5.69 Å². The van der Waals surface area contributed by atoms with Gasteiger partial charge in [-0.25, -0.2) is 0 Å². The number of hydrogen-bond donors (Lipinski definition) is 1. The van der Waals surface area contributed by atoms with Gasteiger partial charge in [-0.3, -0.25) is 4.79 Å². The lowest BCUT2D eigenvalue weighted by atomic mass is 10.0. The Morgan fingerprint density at radius 3 is 2.28 bits per heavy atom. The smallest absolute Gasteiger partial charge is 0.255 e. The summed E-state index contributed by atoms with van der Waals surface area (Å²) >= 11 is 0. The zero-order valence-corrected chi connectivity index (χ0v) is 17.3. The molecule has 0 saturated carbocycles. The van der Waals surface area contributed by atoms with Gasteiger partial charge in [-0.15, -0.1) is 0 Å². The molecule has 0 radical (unpaired) electrons. The summed E-state index contributed by atoms with van der Waals surface area (Å²) in [5.74, 6) is 0.710. The minimum Gasteiger partial charge on any atom is -0.496 e. The third-order valence-corrected chi connectivity index (χ3v) is 4.84. The van der Waals surface area contributed by atoms with Crippen LogP contribution in [-0.4, -0.2) is 38.6 Å². The maximum Gasteiger partial charge on any atom is 0.255 e. The first-order chi connectivity index (χ1) is 14.1. The Bertz CT molecular complexity index is 935. The van der Waals surface area contributed by atoms with Crippen molar-refractivity contribution in [1.29, 1.82) is 0 Å². The van der Waals surface area contributed by atoms with Crippen LogP contribution in [-0.2, 0) is 6.42 Å². The topological polar surface area (TPSA) is 41.6 Å². The van der Waals surface area contributed by atoms with Gasteiger partial charge in [-0.1, -0.05) is 42.5 Å². The van der Waals surface area contributed by atoms with Gasteiger partial charge in [0.15, 0.2) is 0 Å². The molecule has 0 spiro atoms. The Labute approximate surface area is 173 Å². The maximum absolute atomic E-state index is 12.7. The highest BCUT2D eigenvalue weighted by molar-refractivity contribution is 6.04. The zero-order valence-electron chi connectivity index (χ0n) is 17.3. The second-order valence-corrected chi connectivity index (χ2v) is 7.33. The minimum atomic E-state index is -0.117. The van der Waals surface area contributed by atoms with Crippen molar-refractivity contribution in [2.75, 3.05) is 33.1 Å². The first kappa shape index (κ1) is 20.6. The average Bonchev–Trinajstić information content (AvgIpc) is 2.74. The average molecular weight is 389 g/mol.